The van der Waals surface area contributed by atoms with E-state index in [9.17, 15) is 9.90 Å². The average Bonchev–Trinajstić information content (AvgIpc) is 2.79. The second-order valence-corrected chi connectivity index (χ2v) is 7.15. The predicted octanol–water partition coefficient (Wildman–Crippen LogP) is 5.65. The van der Waals surface area contributed by atoms with Gasteiger partial charge in [-0.2, -0.15) is 0 Å². The quantitative estimate of drug-likeness (QED) is 0.341. The van der Waals surface area contributed by atoms with Crippen LogP contribution in [0, 0.1) is 0 Å². The van der Waals surface area contributed by atoms with Gasteiger partial charge in [0.25, 0.3) is 0 Å². The zero-order chi connectivity index (χ0) is 21.5. The van der Waals surface area contributed by atoms with E-state index in [1.54, 1.807) is 12.1 Å². The number of hydrogen-bond donors (Lipinski definition) is 1. The lowest BCUT2D eigenvalue weighted by Gasteiger charge is -2.13. The molecule has 0 heterocycles. The van der Waals surface area contributed by atoms with Crippen molar-refractivity contribution in [2.75, 3.05) is 14.2 Å². The molecule has 1 N–H and O–H groups in total. The van der Waals surface area contributed by atoms with Crippen LogP contribution >= 0.6 is 15.9 Å². The topological polar surface area (TPSA) is 65.0 Å². The molecule has 0 saturated heterocycles. The Morgan fingerprint density at radius 3 is 2.30 bits per heavy atom. The molecule has 30 heavy (non-hydrogen) atoms. The van der Waals surface area contributed by atoms with Crippen LogP contribution in [0.4, 0.5) is 0 Å². The lowest BCUT2D eigenvalue weighted by atomic mass is 10.1. The molecule has 0 atom stereocenters. The number of methoxy groups -OCH3 is 2. The first-order chi connectivity index (χ1) is 14.5. The van der Waals surface area contributed by atoms with E-state index in [-0.39, 0.29) is 17.1 Å². The number of allylic oxidation sites excluding steroid dienone is 1. The van der Waals surface area contributed by atoms with E-state index in [1.807, 2.05) is 54.6 Å². The molecule has 0 unspecified atom stereocenters. The molecule has 6 heteroatoms. The molecule has 0 aromatic heterocycles. The minimum Gasteiger partial charge on any atom is -0.506 e. The third-order valence-corrected chi connectivity index (χ3v) is 5.18. The number of rotatable bonds is 8. The Morgan fingerprint density at radius 2 is 1.67 bits per heavy atom. The molecule has 5 nitrogen and oxygen atoms in total. The highest BCUT2D eigenvalue weighted by Crippen LogP contribution is 2.42. The first-order valence-corrected chi connectivity index (χ1v) is 9.95. The third kappa shape index (κ3) is 5.02. The van der Waals surface area contributed by atoms with E-state index >= 15 is 0 Å². The minimum absolute atomic E-state index is 0.0595. The molecule has 0 spiro atoms. The normalized spacial score (nSPS) is 10.8. The second kappa shape index (κ2) is 9.98. The molecule has 0 radical (unpaired) electrons. The van der Waals surface area contributed by atoms with Gasteiger partial charge in [0.2, 0.25) is 0 Å². The molecule has 3 rings (SSSR count). The number of carbonyl (C=O) groups excluding carboxylic acids is 1. The Kier molecular flexibility index (Phi) is 7.14. The highest BCUT2D eigenvalue weighted by atomic mass is 79.9. The van der Waals surface area contributed by atoms with Crippen LogP contribution in [0.15, 0.2) is 71.2 Å². The van der Waals surface area contributed by atoms with Crippen molar-refractivity contribution in [2.45, 2.75) is 6.61 Å². The van der Waals surface area contributed by atoms with E-state index in [2.05, 4.69) is 15.9 Å². The zero-order valence-corrected chi connectivity index (χ0v) is 18.2. The van der Waals surface area contributed by atoms with E-state index < -0.39 is 5.78 Å². The molecule has 154 valence electrons. The van der Waals surface area contributed by atoms with Gasteiger partial charge < -0.3 is 19.3 Å². The van der Waals surface area contributed by atoms with Gasteiger partial charge in [-0.3, -0.25) is 4.79 Å². The van der Waals surface area contributed by atoms with Crippen molar-refractivity contribution in [1.82, 2.24) is 0 Å². The highest BCUT2D eigenvalue weighted by molar-refractivity contribution is 9.10. The molecule has 0 amide bonds. The van der Waals surface area contributed by atoms with Crippen LogP contribution in [-0.4, -0.2) is 25.1 Å². The molecule has 3 aromatic rings. The lowest BCUT2D eigenvalue weighted by Crippen LogP contribution is -2.01. The fourth-order valence-corrected chi connectivity index (χ4v) is 3.29. The van der Waals surface area contributed by atoms with Gasteiger partial charge in [0.15, 0.2) is 5.78 Å². The molecular formula is C24H21BrO5. The van der Waals surface area contributed by atoms with Crippen molar-refractivity contribution in [3.63, 3.8) is 0 Å². The first-order valence-electron chi connectivity index (χ1n) is 9.16. The van der Waals surface area contributed by atoms with E-state index in [0.717, 1.165) is 16.9 Å². The number of hydrogen-bond acceptors (Lipinski definition) is 5. The van der Waals surface area contributed by atoms with Crippen molar-refractivity contribution >= 4 is 27.8 Å². The Bertz CT molecular complexity index is 1040. The fraction of sp³-hybridized carbons (Fsp3) is 0.125. The lowest BCUT2D eigenvalue weighted by molar-refractivity contribution is 0.104. The van der Waals surface area contributed by atoms with Crippen LogP contribution in [0.2, 0.25) is 0 Å². The van der Waals surface area contributed by atoms with E-state index in [0.29, 0.717) is 16.8 Å². The summed E-state index contributed by atoms with van der Waals surface area (Å²) in [4.78, 5) is 12.7. The number of benzene rings is 3. The largest absolute Gasteiger partial charge is 0.506 e. The van der Waals surface area contributed by atoms with Gasteiger partial charge in [-0.15, -0.1) is 0 Å². The van der Waals surface area contributed by atoms with Crippen molar-refractivity contribution in [1.29, 1.82) is 0 Å². The maximum Gasteiger partial charge on any atom is 0.193 e. The van der Waals surface area contributed by atoms with E-state index in [1.165, 1.54) is 20.3 Å². The smallest absolute Gasteiger partial charge is 0.193 e. The number of phenolic OH excluding ortho intramolecular Hbond substituents is 1. The minimum atomic E-state index is -0.392. The standard InChI is InChI=1S/C24H21BrO5/c1-28-20-14-21(29-2)23(25)24(27)22(20)19(26)13-10-16-8-11-18(12-9-16)30-15-17-6-4-3-5-7-17/h3-14,27H,15H2,1-2H3/b13-10+. The SMILES string of the molecule is COc1cc(OC)c(C(=O)/C=C/c2ccc(OCc3ccccc3)cc2)c(O)c1Br. The number of aromatic hydroxyl groups is 1. The monoisotopic (exact) mass is 468 g/mol. The van der Waals surface area contributed by atoms with Gasteiger partial charge in [-0.1, -0.05) is 48.5 Å². The fourth-order valence-electron chi connectivity index (χ4n) is 2.82. The summed E-state index contributed by atoms with van der Waals surface area (Å²) in [7, 11) is 2.89. The van der Waals surface area contributed by atoms with Gasteiger partial charge >= 0.3 is 0 Å². The summed E-state index contributed by atoms with van der Waals surface area (Å²) < 4.78 is 16.5. The van der Waals surface area contributed by atoms with Crippen LogP contribution in [0.25, 0.3) is 6.08 Å². The van der Waals surface area contributed by atoms with Gasteiger partial charge in [0.05, 0.1) is 14.2 Å². The average molecular weight is 469 g/mol. The van der Waals surface area contributed by atoms with Gasteiger partial charge in [-0.05, 0) is 45.3 Å². The number of carbonyl (C=O) groups is 1. The summed E-state index contributed by atoms with van der Waals surface area (Å²) >= 11 is 3.24. The molecule has 0 saturated carbocycles. The second-order valence-electron chi connectivity index (χ2n) is 6.36. The number of phenols is 1. The summed E-state index contributed by atoms with van der Waals surface area (Å²) in [6.07, 6.45) is 3.05. The maximum atomic E-state index is 12.7. The molecule has 0 aliphatic carbocycles. The molecule has 0 aliphatic heterocycles. The summed E-state index contributed by atoms with van der Waals surface area (Å²) in [6, 6.07) is 18.8. The molecule has 0 fully saturated rings. The zero-order valence-electron chi connectivity index (χ0n) is 16.6. The van der Waals surface area contributed by atoms with Gasteiger partial charge in [0, 0.05) is 6.07 Å². The molecular weight excluding hydrogens is 448 g/mol. The Morgan fingerprint density at radius 1 is 1.00 bits per heavy atom. The van der Waals surface area contributed by atoms with Crippen LogP contribution < -0.4 is 14.2 Å². The number of halogens is 1. The molecule has 0 bridgehead atoms. The Labute approximate surface area is 183 Å². The maximum absolute atomic E-state index is 12.7. The summed E-state index contributed by atoms with van der Waals surface area (Å²) in [5.74, 6) is 0.714. The van der Waals surface area contributed by atoms with Crippen molar-refractivity contribution in [3.8, 4) is 23.0 Å². The molecule has 3 aromatic carbocycles. The Hall–Kier alpha value is -3.25. The van der Waals surface area contributed by atoms with Crippen LogP contribution in [0.1, 0.15) is 21.5 Å². The summed E-state index contributed by atoms with van der Waals surface area (Å²) in [5.41, 5.74) is 1.97. The number of ether oxygens (including phenoxy) is 3. The van der Waals surface area contributed by atoms with Gasteiger partial charge in [-0.25, -0.2) is 0 Å². The predicted molar refractivity (Wildman–Crippen MR) is 119 cm³/mol. The van der Waals surface area contributed by atoms with Gasteiger partial charge in [0.1, 0.15) is 39.6 Å². The van der Waals surface area contributed by atoms with Crippen molar-refractivity contribution in [2.24, 2.45) is 0 Å². The molecule has 0 aliphatic rings. The first kappa shape index (κ1) is 21.5. The van der Waals surface area contributed by atoms with Crippen molar-refractivity contribution < 1.29 is 24.1 Å². The van der Waals surface area contributed by atoms with Crippen LogP contribution in [0.3, 0.4) is 0 Å². The number of ketones is 1. The van der Waals surface area contributed by atoms with Crippen molar-refractivity contribution in [3.05, 3.63) is 87.9 Å². The van der Waals surface area contributed by atoms with Crippen LogP contribution in [-0.2, 0) is 6.61 Å². The summed E-state index contributed by atoms with van der Waals surface area (Å²) in [6.45, 7) is 0.486. The third-order valence-electron chi connectivity index (χ3n) is 4.41. The highest BCUT2D eigenvalue weighted by Gasteiger charge is 2.21. The van der Waals surface area contributed by atoms with Crippen LogP contribution in [0.5, 0.6) is 23.0 Å². The van der Waals surface area contributed by atoms with E-state index in [4.69, 9.17) is 14.2 Å². The Balaban J connectivity index is 1.71. The summed E-state index contributed by atoms with van der Waals surface area (Å²) in [5, 5.41) is 10.4.